The molecule has 1 aliphatic heterocycles. The third-order valence-corrected chi connectivity index (χ3v) is 5.48. The first-order valence-corrected chi connectivity index (χ1v) is 10.9. The Kier molecular flexibility index (Phi) is 7.54. The van der Waals surface area contributed by atoms with E-state index in [0.717, 1.165) is 6.54 Å². The molecule has 1 aromatic carbocycles. The van der Waals surface area contributed by atoms with E-state index in [1.165, 1.54) is 12.8 Å². The molecular formula is C22H33N5O3. The van der Waals surface area contributed by atoms with Gasteiger partial charge in [0.15, 0.2) is 0 Å². The summed E-state index contributed by atoms with van der Waals surface area (Å²) >= 11 is 0. The van der Waals surface area contributed by atoms with Crippen LogP contribution in [0.2, 0.25) is 0 Å². The molecule has 8 heteroatoms. The molecule has 8 nitrogen and oxygen atoms in total. The molecule has 4 N–H and O–H groups in total. The number of hydrogen-bond donors (Lipinski definition) is 4. The molecule has 2 aliphatic rings. The van der Waals surface area contributed by atoms with E-state index >= 15 is 0 Å². The Hall–Kier alpha value is -2.77. The van der Waals surface area contributed by atoms with E-state index in [4.69, 9.17) is 0 Å². The highest BCUT2D eigenvalue weighted by molar-refractivity contribution is 5.91. The van der Waals surface area contributed by atoms with Crippen LogP contribution in [0.3, 0.4) is 0 Å². The number of benzene rings is 1. The molecule has 5 amide bonds. The van der Waals surface area contributed by atoms with Gasteiger partial charge >= 0.3 is 12.1 Å². The standard InChI is InChI=1S/C22H33N5O3/c1-15(2)13-24-21(29)25-18-5-7-19(8-6-18)26-22(30)27-11-9-17(10-12-27)20(28)23-14-16-3-4-16/h5-8,15-17H,3-4,9-14H2,1-2H3,(H,23,28)(H,26,30)(H2,24,25,29). The lowest BCUT2D eigenvalue weighted by Crippen LogP contribution is -2.44. The van der Waals surface area contributed by atoms with Crippen LogP contribution >= 0.6 is 0 Å². The van der Waals surface area contributed by atoms with Crippen molar-refractivity contribution >= 4 is 29.3 Å². The summed E-state index contributed by atoms with van der Waals surface area (Å²) in [6, 6.07) is 6.61. The fourth-order valence-electron chi connectivity index (χ4n) is 3.37. The van der Waals surface area contributed by atoms with E-state index in [-0.39, 0.29) is 23.9 Å². The average Bonchev–Trinajstić information content (AvgIpc) is 3.56. The first-order valence-electron chi connectivity index (χ1n) is 10.9. The molecule has 0 radical (unpaired) electrons. The smallest absolute Gasteiger partial charge is 0.321 e. The minimum atomic E-state index is -0.246. The van der Waals surface area contributed by atoms with Crippen molar-refractivity contribution in [2.24, 2.45) is 17.8 Å². The molecule has 0 spiro atoms. The number of likely N-dealkylation sites (tertiary alicyclic amines) is 1. The number of piperidine rings is 1. The zero-order valence-electron chi connectivity index (χ0n) is 17.9. The maximum absolute atomic E-state index is 12.5. The molecule has 164 valence electrons. The summed E-state index contributed by atoms with van der Waals surface area (Å²) in [7, 11) is 0. The Morgan fingerprint density at radius 2 is 1.53 bits per heavy atom. The van der Waals surface area contributed by atoms with Gasteiger partial charge in [0.1, 0.15) is 0 Å². The van der Waals surface area contributed by atoms with Crippen LogP contribution in [-0.4, -0.2) is 49.0 Å². The summed E-state index contributed by atoms with van der Waals surface area (Å²) < 4.78 is 0. The van der Waals surface area contributed by atoms with Crippen molar-refractivity contribution in [3.8, 4) is 0 Å². The molecule has 0 atom stereocenters. The lowest BCUT2D eigenvalue weighted by molar-refractivity contribution is -0.126. The lowest BCUT2D eigenvalue weighted by Gasteiger charge is -2.31. The molecular weight excluding hydrogens is 382 g/mol. The van der Waals surface area contributed by atoms with E-state index in [9.17, 15) is 14.4 Å². The van der Waals surface area contributed by atoms with Crippen LogP contribution in [-0.2, 0) is 4.79 Å². The second kappa shape index (κ2) is 10.3. The van der Waals surface area contributed by atoms with Gasteiger partial charge in [0.2, 0.25) is 5.91 Å². The fourth-order valence-corrected chi connectivity index (χ4v) is 3.37. The van der Waals surface area contributed by atoms with Crippen molar-refractivity contribution in [1.82, 2.24) is 15.5 Å². The highest BCUT2D eigenvalue weighted by atomic mass is 16.2. The second-order valence-electron chi connectivity index (χ2n) is 8.69. The summed E-state index contributed by atoms with van der Waals surface area (Å²) in [5.74, 6) is 1.19. The van der Waals surface area contributed by atoms with Crippen LogP contribution in [0.15, 0.2) is 24.3 Å². The molecule has 1 aromatic rings. The number of carbonyl (C=O) groups is 3. The third kappa shape index (κ3) is 6.93. The van der Waals surface area contributed by atoms with Crippen molar-refractivity contribution in [2.75, 3.05) is 36.8 Å². The number of rotatable bonds is 7. The van der Waals surface area contributed by atoms with Gasteiger partial charge in [0.05, 0.1) is 0 Å². The van der Waals surface area contributed by atoms with Crippen molar-refractivity contribution in [1.29, 1.82) is 0 Å². The Labute approximate surface area is 178 Å². The molecule has 0 bridgehead atoms. The largest absolute Gasteiger partial charge is 0.356 e. The maximum Gasteiger partial charge on any atom is 0.321 e. The summed E-state index contributed by atoms with van der Waals surface area (Å²) in [5, 5.41) is 11.5. The van der Waals surface area contributed by atoms with Crippen LogP contribution in [0.1, 0.15) is 39.5 Å². The van der Waals surface area contributed by atoms with E-state index in [2.05, 4.69) is 21.3 Å². The van der Waals surface area contributed by atoms with Gasteiger partial charge in [-0.05, 0) is 61.8 Å². The summed E-state index contributed by atoms with van der Waals surface area (Å²) in [6.45, 7) is 6.61. The summed E-state index contributed by atoms with van der Waals surface area (Å²) in [6.07, 6.45) is 3.83. The van der Waals surface area contributed by atoms with Gasteiger partial charge in [0, 0.05) is 43.5 Å². The zero-order chi connectivity index (χ0) is 21.5. The number of nitrogens with zero attached hydrogens (tertiary/aromatic N) is 1. The van der Waals surface area contributed by atoms with Gasteiger partial charge in [-0.3, -0.25) is 4.79 Å². The molecule has 2 fully saturated rings. The molecule has 1 saturated carbocycles. The molecule has 1 heterocycles. The molecule has 3 rings (SSSR count). The van der Waals surface area contributed by atoms with Gasteiger partial charge in [-0.1, -0.05) is 13.8 Å². The summed E-state index contributed by atoms with van der Waals surface area (Å²) in [4.78, 5) is 38.3. The first-order chi connectivity index (χ1) is 14.4. The second-order valence-corrected chi connectivity index (χ2v) is 8.69. The number of nitrogens with one attached hydrogen (secondary N) is 4. The minimum absolute atomic E-state index is 0.0000000499. The number of amides is 5. The van der Waals surface area contributed by atoms with Gasteiger partial charge in [-0.2, -0.15) is 0 Å². The van der Waals surface area contributed by atoms with E-state index in [1.54, 1.807) is 29.2 Å². The third-order valence-electron chi connectivity index (χ3n) is 5.48. The summed E-state index contributed by atoms with van der Waals surface area (Å²) in [5.41, 5.74) is 1.32. The van der Waals surface area contributed by atoms with E-state index in [1.807, 2.05) is 13.8 Å². The zero-order valence-corrected chi connectivity index (χ0v) is 17.9. The monoisotopic (exact) mass is 415 g/mol. The molecule has 0 unspecified atom stereocenters. The molecule has 1 saturated heterocycles. The minimum Gasteiger partial charge on any atom is -0.356 e. The van der Waals surface area contributed by atoms with Crippen LogP contribution in [0.25, 0.3) is 0 Å². The van der Waals surface area contributed by atoms with Gasteiger partial charge in [-0.25, -0.2) is 9.59 Å². The maximum atomic E-state index is 12.5. The van der Waals surface area contributed by atoms with Crippen molar-refractivity contribution in [2.45, 2.75) is 39.5 Å². The van der Waals surface area contributed by atoms with Gasteiger partial charge in [0.25, 0.3) is 0 Å². The van der Waals surface area contributed by atoms with Gasteiger partial charge in [-0.15, -0.1) is 0 Å². The number of anilines is 2. The number of hydrogen-bond acceptors (Lipinski definition) is 3. The quantitative estimate of drug-likeness (QED) is 0.550. The Morgan fingerprint density at radius 1 is 0.933 bits per heavy atom. The number of urea groups is 2. The van der Waals surface area contributed by atoms with E-state index in [0.29, 0.717) is 55.7 Å². The van der Waals surface area contributed by atoms with Gasteiger partial charge < -0.3 is 26.2 Å². The van der Waals surface area contributed by atoms with Crippen LogP contribution < -0.4 is 21.3 Å². The predicted molar refractivity (Wildman–Crippen MR) is 117 cm³/mol. The topological polar surface area (TPSA) is 103 Å². The van der Waals surface area contributed by atoms with Crippen LogP contribution in [0.5, 0.6) is 0 Å². The predicted octanol–water partition coefficient (Wildman–Crippen LogP) is 3.23. The van der Waals surface area contributed by atoms with Crippen LogP contribution in [0, 0.1) is 17.8 Å². The molecule has 0 aromatic heterocycles. The highest BCUT2D eigenvalue weighted by Crippen LogP contribution is 2.28. The Balaban J connectivity index is 1.39. The Morgan fingerprint density at radius 3 is 2.10 bits per heavy atom. The first kappa shape index (κ1) is 21.9. The molecule has 30 heavy (non-hydrogen) atoms. The highest BCUT2D eigenvalue weighted by Gasteiger charge is 2.29. The van der Waals surface area contributed by atoms with Crippen LogP contribution in [0.4, 0.5) is 21.0 Å². The lowest BCUT2D eigenvalue weighted by atomic mass is 9.96. The Bertz CT molecular complexity index is 738. The molecule has 1 aliphatic carbocycles. The normalized spacial score (nSPS) is 16.8. The number of carbonyl (C=O) groups excluding carboxylic acids is 3. The fraction of sp³-hybridized carbons (Fsp3) is 0.591. The van der Waals surface area contributed by atoms with Crippen molar-refractivity contribution in [3.63, 3.8) is 0 Å². The SMILES string of the molecule is CC(C)CNC(=O)Nc1ccc(NC(=O)N2CCC(C(=O)NCC3CC3)CC2)cc1. The van der Waals surface area contributed by atoms with Crippen molar-refractivity contribution < 1.29 is 14.4 Å². The van der Waals surface area contributed by atoms with Crippen molar-refractivity contribution in [3.05, 3.63) is 24.3 Å². The average molecular weight is 416 g/mol. The van der Waals surface area contributed by atoms with E-state index < -0.39 is 0 Å².